The van der Waals surface area contributed by atoms with Crippen LogP contribution in [0.2, 0.25) is 0 Å². The molecule has 4 heteroatoms. The number of halogens is 1. The predicted octanol–water partition coefficient (Wildman–Crippen LogP) is 4.91. The lowest BCUT2D eigenvalue weighted by Crippen LogP contribution is -1.97. The summed E-state index contributed by atoms with van der Waals surface area (Å²) >= 11 is 7.80. The molecule has 96 valence electrons. The van der Waals surface area contributed by atoms with Crippen LogP contribution in [0.5, 0.6) is 0 Å². The molecule has 3 aromatic rings. The average molecular weight is 380 g/mol. The van der Waals surface area contributed by atoms with E-state index in [-0.39, 0.29) is 0 Å². The van der Waals surface area contributed by atoms with Crippen LogP contribution in [0.4, 0.5) is 0 Å². The van der Waals surface area contributed by atoms with Crippen molar-refractivity contribution in [1.82, 2.24) is 9.55 Å². The lowest BCUT2D eigenvalue weighted by atomic mass is 10.1. The highest BCUT2D eigenvalue weighted by molar-refractivity contribution is 14.1. The number of H-pyrrole nitrogens is 1. The first-order valence-electron chi connectivity index (χ1n) is 6.04. The Morgan fingerprint density at radius 2 is 1.89 bits per heavy atom. The van der Waals surface area contributed by atoms with Gasteiger partial charge in [-0.3, -0.25) is 4.57 Å². The van der Waals surface area contributed by atoms with E-state index in [2.05, 4.69) is 82.4 Å². The summed E-state index contributed by atoms with van der Waals surface area (Å²) in [4.78, 5) is 3.29. The molecule has 0 fully saturated rings. The number of aromatic amines is 1. The molecule has 0 bridgehead atoms. The Morgan fingerprint density at radius 3 is 2.68 bits per heavy atom. The van der Waals surface area contributed by atoms with Gasteiger partial charge in [0.05, 0.1) is 16.7 Å². The van der Waals surface area contributed by atoms with Crippen molar-refractivity contribution < 1.29 is 0 Å². The van der Waals surface area contributed by atoms with Crippen molar-refractivity contribution in [3.05, 3.63) is 55.9 Å². The lowest BCUT2D eigenvalue weighted by molar-refractivity contribution is 1.04. The van der Waals surface area contributed by atoms with Crippen molar-refractivity contribution >= 4 is 45.8 Å². The molecule has 1 N–H and O–H groups in total. The third kappa shape index (κ3) is 2.23. The molecular weight excluding hydrogens is 367 g/mol. The fraction of sp³-hybridized carbons (Fsp3) is 0.133. The first-order chi connectivity index (χ1) is 9.06. The molecule has 0 radical (unpaired) electrons. The zero-order valence-electron chi connectivity index (χ0n) is 10.7. The van der Waals surface area contributed by atoms with E-state index in [4.69, 9.17) is 12.2 Å². The topological polar surface area (TPSA) is 20.7 Å². The predicted molar refractivity (Wildman–Crippen MR) is 90.7 cm³/mol. The SMILES string of the molecule is Cc1ccc(C)c(-n2c(=S)[nH]c3cc(I)ccc32)c1. The number of aryl methyl sites for hydroxylation is 2. The van der Waals surface area contributed by atoms with Gasteiger partial charge in [0.2, 0.25) is 0 Å². The maximum absolute atomic E-state index is 5.49. The number of nitrogens with zero attached hydrogens (tertiary/aromatic N) is 1. The van der Waals surface area contributed by atoms with Crippen molar-refractivity contribution in [1.29, 1.82) is 0 Å². The van der Waals surface area contributed by atoms with Crippen LogP contribution in [-0.2, 0) is 0 Å². The lowest BCUT2D eigenvalue weighted by Gasteiger charge is -2.09. The number of hydrogen-bond donors (Lipinski definition) is 1. The highest BCUT2D eigenvalue weighted by Crippen LogP contribution is 2.24. The Balaban J connectivity index is 2.39. The normalized spacial score (nSPS) is 11.1. The maximum atomic E-state index is 5.49. The minimum absolute atomic E-state index is 0.741. The van der Waals surface area contributed by atoms with Gasteiger partial charge in [0.15, 0.2) is 4.77 Å². The Hall–Kier alpha value is -1.14. The molecule has 19 heavy (non-hydrogen) atoms. The number of nitrogens with one attached hydrogen (secondary N) is 1. The minimum Gasteiger partial charge on any atom is -0.330 e. The molecular formula is C15H13IN2S. The molecule has 1 aromatic heterocycles. The molecule has 0 aliphatic rings. The number of benzene rings is 2. The minimum atomic E-state index is 0.741. The molecule has 0 amide bonds. The molecule has 3 rings (SSSR count). The summed E-state index contributed by atoms with van der Waals surface area (Å²) in [6, 6.07) is 12.8. The van der Waals surface area contributed by atoms with Crippen LogP contribution in [0.3, 0.4) is 0 Å². The van der Waals surface area contributed by atoms with Crippen LogP contribution in [0.25, 0.3) is 16.7 Å². The van der Waals surface area contributed by atoms with Crippen molar-refractivity contribution in [2.45, 2.75) is 13.8 Å². The van der Waals surface area contributed by atoms with Crippen molar-refractivity contribution in [2.24, 2.45) is 0 Å². The van der Waals surface area contributed by atoms with Crippen LogP contribution in [0.15, 0.2) is 36.4 Å². The Kier molecular flexibility index (Phi) is 3.22. The van der Waals surface area contributed by atoms with Gasteiger partial charge >= 0.3 is 0 Å². The van der Waals surface area contributed by atoms with Gasteiger partial charge < -0.3 is 4.98 Å². The molecule has 0 saturated carbocycles. The molecule has 0 atom stereocenters. The first-order valence-corrected chi connectivity index (χ1v) is 7.53. The summed E-state index contributed by atoms with van der Waals surface area (Å²) in [6.07, 6.45) is 0. The zero-order valence-corrected chi connectivity index (χ0v) is 13.7. The van der Waals surface area contributed by atoms with Crippen molar-refractivity contribution in [2.75, 3.05) is 0 Å². The second-order valence-electron chi connectivity index (χ2n) is 4.72. The number of hydrogen-bond acceptors (Lipinski definition) is 1. The maximum Gasteiger partial charge on any atom is 0.182 e. The highest BCUT2D eigenvalue weighted by atomic mass is 127. The standard InChI is InChI=1S/C15H13IN2S/c1-9-3-4-10(2)14(7-9)18-13-6-5-11(16)8-12(13)17-15(18)19/h3-8H,1-2H3,(H,17,19). The average Bonchev–Trinajstić information content (AvgIpc) is 2.67. The van der Waals surface area contributed by atoms with E-state index >= 15 is 0 Å². The number of rotatable bonds is 1. The summed E-state index contributed by atoms with van der Waals surface area (Å²) in [5.41, 5.74) is 5.82. The third-order valence-corrected chi connectivity index (χ3v) is 4.21. The third-order valence-electron chi connectivity index (χ3n) is 3.25. The van der Waals surface area contributed by atoms with E-state index in [0.717, 1.165) is 21.5 Å². The first kappa shape index (κ1) is 12.9. The van der Waals surface area contributed by atoms with Gasteiger partial charge in [-0.15, -0.1) is 0 Å². The van der Waals surface area contributed by atoms with Gasteiger partial charge in [-0.1, -0.05) is 12.1 Å². The molecule has 0 aliphatic carbocycles. The Morgan fingerprint density at radius 1 is 1.11 bits per heavy atom. The summed E-state index contributed by atoms with van der Waals surface area (Å²) < 4.78 is 4.06. The number of imidazole rings is 1. The van der Waals surface area contributed by atoms with Gasteiger partial charge in [-0.25, -0.2) is 0 Å². The zero-order chi connectivity index (χ0) is 13.6. The molecule has 2 aromatic carbocycles. The Labute approximate surface area is 130 Å². The van der Waals surface area contributed by atoms with E-state index in [0.29, 0.717) is 0 Å². The summed E-state index contributed by atoms with van der Waals surface area (Å²) in [5, 5.41) is 0. The highest BCUT2D eigenvalue weighted by Gasteiger charge is 2.09. The fourth-order valence-corrected chi connectivity index (χ4v) is 3.08. The van der Waals surface area contributed by atoms with E-state index in [1.807, 2.05) is 0 Å². The number of aromatic nitrogens is 2. The smallest absolute Gasteiger partial charge is 0.182 e. The molecule has 0 unspecified atom stereocenters. The van der Waals surface area contributed by atoms with Crippen LogP contribution < -0.4 is 0 Å². The van der Waals surface area contributed by atoms with Crippen molar-refractivity contribution in [3.63, 3.8) is 0 Å². The molecule has 1 heterocycles. The van der Waals surface area contributed by atoms with E-state index in [9.17, 15) is 0 Å². The summed E-state index contributed by atoms with van der Waals surface area (Å²) in [7, 11) is 0. The van der Waals surface area contributed by atoms with E-state index < -0.39 is 0 Å². The quantitative estimate of drug-likeness (QED) is 0.470. The van der Waals surface area contributed by atoms with Gasteiger partial charge in [0, 0.05) is 3.57 Å². The number of fused-ring (bicyclic) bond motifs is 1. The van der Waals surface area contributed by atoms with Gasteiger partial charge in [0.25, 0.3) is 0 Å². The van der Waals surface area contributed by atoms with Crippen LogP contribution in [-0.4, -0.2) is 9.55 Å². The molecule has 0 spiro atoms. The summed E-state index contributed by atoms with van der Waals surface area (Å²) in [5.74, 6) is 0. The van der Waals surface area contributed by atoms with E-state index in [1.54, 1.807) is 0 Å². The molecule has 2 nitrogen and oxygen atoms in total. The van der Waals surface area contributed by atoms with Gasteiger partial charge in [-0.2, -0.15) is 0 Å². The van der Waals surface area contributed by atoms with Crippen molar-refractivity contribution in [3.8, 4) is 5.69 Å². The van der Waals surface area contributed by atoms with Crippen LogP contribution in [0.1, 0.15) is 11.1 Å². The largest absolute Gasteiger partial charge is 0.330 e. The van der Waals surface area contributed by atoms with Crippen LogP contribution in [0, 0.1) is 22.2 Å². The van der Waals surface area contributed by atoms with Gasteiger partial charge in [0.1, 0.15) is 0 Å². The Bertz CT molecular complexity index is 830. The molecule has 0 saturated heterocycles. The monoisotopic (exact) mass is 380 g/mol. The second kappa shape index (κ2) is 4.76. The summed E-state index contributed by atoms with van der Waals surface area (Å²) in [6.45, 7) is 4.21. The van der Waals surface area contributed by atoms with E-state index in [1.165, 1.54) is 14.7 Å². The molecule has 0 aliphatic heterocycles. The van der Waals surface area contributed by atoms with Gasteiger partial charge in [-0.05, 0) is 84.0 Å². The second-order valence-corrected chi connectivity index (χ2v) is 6.35. The van der Waals surface area contributed by atoms with Crippen LogP contribution >= 0.6 is 34.8 Å². The fourth-order valence-electron chi connectivity index (χ4n) is 2.28.